The first-order valence-electron chi connectivity index (χ1n) is 8.80. The van der Waals surface area contributed by atoms with Gasteiger partial charge in [0.15, 0.2) is 0 Å². The Morgan fingerprint density at radius 3 is 2.38 bits per heavy atom. The maximum Gasteiger partial charge on any atom is 0.227 e. The number of carbonyl (C=O) groups excluding carboxylic acids is 1. The molecule has 1 saturated heterocycles. The summed E-state index contributed by atoms with van der Waals surface area (Å²) in [6, 6.07) is 0.111. The monoisotopic (exact) mass is 442 g/mol. The molecule has 4 unspecified atom stereocenters. The molecule has 2 saturated carbocycles. The summed E-state index contributed by atoms with van der Waals surface area (Å²) in [5.41, 5.74) is 6.34. The van der Waals surface area contributed by atoms with Gasteiger partial charge in [0.1, 0.15) is 0 Å². The molecule has 4 atom stereocenters. The van der Waals surface area contributed by atoms with Gasteiger partial charge in [0.25, 0.3) is 0 Å². The van der Waals surface area contributed by atoms with Crippen molar-refractivity contribution in [2.24, 2.45) is 23.5 Å². The lowest BCUT2D eigenvalue weighted by molar-refractivity contribution is -0.139. The third kappa shape index (κ3) is 4.65. The molecule has 0 radical (unpaired) electrons. The van der Waals surface area contributed by atoms with E-state index in [1.54, 1.807) is 11.3 Å². The zero-order valence-electron chi connectivity index (χ0n) is 15.0. The summed E-state index contributed by atoms with van der Waals surface area (Å²) in [6.07, 6.45) is 5.60. The fraction of sp³-hybridized carbons (Fsp3) is 0.765. The van der Waals surface area contributed by atoms with E-state index in [4.69, 9.17) is 5.73 Å². The standard InChI is InChI=1S/C17H26N4OS.3ClH/c1-11-19-9-14(23-11)10-20-4-6-21(7-5-20)17(22)15-12-2-3-13(8-12)16(15)18;;;/h9,12-13,15-16H,2-8,10,18H2,1H3;3*1H. The van der Waals surface area contributed by atoms with Gasteiger partial charge in [0.2, 0.25) is 5.91 Å². The lowest BCUT2D eigenvalue weighted by Gasteiger charge is -2.38. The van der Waals surface area contributed by atoms with Crippen LogP contribution in [0.3, 0.4) is 0 Å². The van der Waals surface area contributed by atoms with Crippen LogP contribution in [0.25, 0.3) is 0 Å². The van der Waals surface area contributed by atoms with Gasteiger partial charge in [-0.1, -0.05) is 0 Å². The number of piperazine rings is 1. The Balaban J connectivity index is 0.00000113. The van der Waals surface area contributed by atoms with Crippen molar-refractivity contribution in [2.75, 3.05) is 26.2 Å². The van der Waals surface area contributed by atoms with Gasteiger partial charge < -0.3 is 10.6 Å². The van der Waals surface area contributed by atoms with Crippen molar-refractivity contribution in [3.8, 4) is 0 Å². The molecule has 0 spiro atoms. The summed E-state index contributed by atoms with van der Waals surface area (Å²) in [4.78, 5) is 23.0. The van der Waals surface area contributed by atoms with Crippen molar-refractivity contribution < 1.29 is 4.79 Å². The van der Waals surface area contributed by atoms with Gasteiger partial charge in [-0.25, -0.2) is 4.98 Å². The molecule has 5 nitrogen and oxygen atoms in total. The fourth-order valence-corrected chi connectivity index (χ4v) is 5.58. The number of nitrogens with zero attached hydrogens (tertiary/aromatic N) is 3. The number of amides is 1. The Bertz CT molecular complexity index is 592. The molecule has 4 rings (SSSR count). The second-order valence-electron chi connectivity index (χ2n) is 7.38. The number of nitrogens with two attached hydrogens (primary N) is 1. The van der Waals surface area contributed by atoms with Crippen molar-refractivity contribution in [2.45, 2.75) is 38.8 Å². The molecular weight excluding hydrogens is 415 g/mol. The minimum absolute atomic E-state index is 0. The van der Waals surface area contributed by atoms with Crippen LogP contribution >= 0.6 is 48.6 Å². The molecule has 9 heteroatoms. The van der Waals surface area contributed by atoms with E-state index >= 15 is 0 Å². The number of aryl methyl sites for hydroxylation is 1. The van der Waals surface area contributed by atoms with Crippen LogP contribution in [-0.4, -0.2) is 52.9 Å². The fourth-order valence-electron chi connectivity index (χ4n) is 4.74. The molecule has 1 aromatic heterocycles. The van der Waals surface area contributed by atoms with E-state index in [9.17, 15) is 4.79 Å². The number of hydrogen-bond acceptors (Lipinski definition) is 5. The largest absolute Gasteiger partial charge is 0.340 e. The van der Waals surface area contributed by atoms with Crippen molar-refractivity contribution >= 4 is 54.5 Å². The molecule has 1 aromatic rings. The molecule has 3 fully saturated rings. The maximum absolute atomic E-state index is 12.9. The second-order valence-corrected chi connectivity index (χ2v) is 8.70. The minimum atomic E-state index is 0. The lowest BCUT2D eigenvalue weighted by Crippen LogP contribution is -2.53. The van der Waals surface area contributed by atoms with E-state index < -0.39 is 0 Å². The lowest BCUT2D eigenvalue weighted by atomic mass is 9.84. The quantitative estimate of drug-likeness (QED) is 0.780. The summed E-state index contributed by atoms with van der Waals surface area (Å²) >= 11 is 1.77. The third-order valence-corrected chi connectivity index (χ3v) is 6.90. The highest BCUT2D eigenvalue weighted by molar-refractivity contribution is 7.11. The van der Waals surface area contributed by atoms with E-state index in [1.807, 2.05) is 13.1 Å². The molecular formula is C17H29Cl3N4OS. The number of fused-ring (bicyclic) bond motifs is 2. The number of aromatic nitrogens is 1. The predicted octanol–water partition coefficient (Wildman–Crippen LogP) is 2.73. The topological polar surface area (TPSA) is 62.5 Å². The summed E-state index contributed by atoms with van der Waals surface area (Å²) in [7, 11) is 0. The molecule has 2 bridgehead atoms. The molecule has 2 N–H and O–H groups in total. The Morgan fingerprint density at radius 1 is 1.19 bits per heavy atom. The van der Waals surface area contributed by atoms with Gasteiger partial charge >= 0.3 is 0 Å². The zero-order chi connectivity index (χ0) is 16.0. The van der Waals surface area contributed by atoms with Crippen LogP contribution in [0.1, 0.15) is 29.1 Å². The number of thiazole rings is 1. The van der Waals surface area contributed by atoms with Gasteiger partial charge in [0, 0.05) is 49.8 Å². The number of halogens is 3. The van der Waals surface area contributed by atoms with E-state index in [2.05, 4.69) is 14.8 Å². The molecule has 3 aliphatic rings. The van der Waals surface area contributed by atoms with Gasteiger partial charge in [-0.3, -0.25) is 9.69 Å². The Labute approximate surface area is 178 Å². The zero-order valence-corrected chi connectivity index (χ0v) is 18.3. The second kappa shape index (κ2) is 9.89. The number of carbonyl (C=O) groups is 1. The maximum atomic E-state index is 12.9. The van der Waals surface area contributed by atoms with Crippen LogP contribution in [0.2, 0.25) is 0 Å². The first kappa shape index (κ1) is 23.9. The Hall–Kier alpha value is -0.110. The van der Waals surface area contributed by atoms with Crippen LogP contribution in [0.4, 0.5) is 0 Å². The first-order valence-corrected chi connectivity index (χ1v) is 9.61. The van der Waals surface area contributed by atoms with Crippen molar-refractivity contribution in [1.82, 2.24) is 14.8 Å². The summed E-state index contributed by atoms with van der Waals surface area (Å²) in [6.45, 7) is 6.61. The van der Waals surface area contributed by atoms with Crippen molar-refractivity contribution in [3.63, 3.8) is 0 Å². The Kier molecular flexibility index (Phi) is 9.11. The van der Waals surface area contributed by atoms with Gasteiger partial charge in [-0.05, 0) is 38.0 Å². The third-order valence-electron chi connectivity index (χ3n) is 6.00. The van der Waals surface area contributed by atoms with Crippen molar-refractivity contribution in [3.05, 3.63) is 16.1 Å². The van der Waals surface area contributed by atoms with E-state index in [1.165, 1.54) is 24.1 Å². The summed E-state index contributed by atoms with van der Waals surface area (Å²) in [5.74, 6) is 1.59. The highest BCUT2D eigenvalue weighted by Crippen LogP contribution is 2.48. The summed E-state index contributed by atoms with van der Waals surface area (Å²) < 4.78 is 0. The van der Waals surface area contributed by atoms with Crippen LogP contribution in [0.15, 0.2) is 6.20 Å². The van der Waals surface area contributed by atoms with Gasteiger partial charge in [0.05, 0.1) is 10.9 Å². The molecule has 1 amide bonds. The average Bonchev–Trinajstić information content (AvgIpc) is 3.24. The highest BCUT2D eigenvalue weighted by atomic mass is 35.5. The van der Waals surface area contributed by atoms with Crippen LogP contribution < -0.4 is 5.73 Å². The van der Waals surface area contributed by atoms with Crippen LogP contribution in [-0.2, 0) is 11.3 Å². The van der Waals surface area contributed by atoms with Crippen LogP contribution in [0.5, 0.6) is 0 Å². The number of rotatable bonds is 3. The normalized spacial score (nSPS) is 30.3. The molecule has 0 aromatic carbocycles. The molecule has 150 valence electrons. The Morgan fingerprint density at radius 2 is 1.85 bits per heavy atom. The molecule has 1 aliphatic heterocycles. The molecule has 26 heavy (non-hydrogen) atoms. The predicted molar refractivity (Wildman–Crippen MR) is 113 cm³/mol. The number of hydrogen-bond donors (Lipinski definition) is 1. The molecule has 2 heterocycles. The van der Waals surface area contributed by atoms with Crippen LogP contribution in [0, 0.1) is 24.7 Å². The first-order chi connectivity index (χ1) is 11.1. The average molecular weight is 444 g/mol. The van der Waals surface area contributed by atoms with E-state index in [0.717, 1.165) is 37.7 Å². The van der Waals surface area contributed by atoms with Crippen molar-refractivity contribution in [1.29, 1.82) is 0 Å². The van der Waals surface area contributed by atoms with Gasteiger partial charge in [-0.2, -0.15) is 0 Å². The highest BCUT2D eigenvalue weighted by Gasteiger charge is 2.50. The van der Waals surface area contributed by atoms with E-state index in [0.29, 0.717) is 17.7 Å². The molecule has 2 aliphatic carbocycles. The smallest absolute Gasteiger partial charge is 0.227 e. The summed E-state index contributed by atoms with van der Waals surface area (Å²) in [5, 5.41) is 1.12. The minimum Gasteiger partial charge on any atom is -0.340 e. The SMILES string of the molecule is Cc1ncc(CN2CCN(C(=O)C3C4CCC(C4)C3N)CC2)s1.Cl.Cl.Cl. The van der Waals surface area contributed by atoms with E-state index in [-0.39, 0.29) is 49.2 Å². The van der Waals surface area contributed by atoms with Gasteiger partial charge in [-0.15, -0.1) is 48.6 Å².